The standard InChI is InChI=1S/C16H17N3O3S/c1-7(2)16(4)15(22)18-12(19-16)11-6-10(14(20)21)9-5-8(3)23-13(9)17-11/h5-7H,1-4H3,(H,20,21)(H,18,19,22). The predicted molar refractivity (Wildman–Crippen MR) is 89.2 cm³/mol. The van der Waals surface area contributed by atoms with Crippen molar-refractivity contribution in [2.45, 2.75) is 33.2 Å². The summed E-state index contributed by atoms with van der Waals surface area (Å²) in [4.78, 5) is 34.4. The molecule has 0 aromatic carbocycles. The Morgan fingerprint density at radius 1 is 1.39 bits per heavy atom. The number of carbonyl (C=O) groups excluding carboxylic acids is 1. The molecule has 1 aliphatic heterocycles. The molecule has 3 rings (SSSR count). The molecule has 0 saturated carbocycles. The maximum absolute atomic E-state index is 12.2. The summed E-state index contributed by atoms with van der Waals surface area (Å²) in [6.45, 7) is 7.52. The number of carbonyl (C=O) groups is 2. The van der Waals surface area contributed by atoms with Crippen molar-refractivity contribution in [1.82, 2.24) is 10.3 Å². The van der Waals surface area contributed by atoms with E-state index in [-0.39, 0.29) is 17.4 Å². The van der Waals surface area contributed by atoms with E-state index in [0.29, 0.717) is 21.7 Å². The molecular weight excluding hydrogens is 314 g/mol. The van der Waals surface area contributed by atoms with Crippen LogP contribution in [0, 0.1) is 12.8 Å². The average Bonchev–Trinajstić information content (AvgIpc) is 2.98. The molecule has 0 aliphatic carbocycles. The molecule has 2 N–H and O–H groups in total. The zero-order valence-corrected chi connectivity index (χ0v) is 14.1. The number of thiophene rings is 1. The molecule has 0 spiro atoms. The largest absolute Gasteiger partial charge is 0.478 e. The molecule has 0 bridgehead atoms. The number of carboxylic acids is 1. The number of aromatic carboxylic acids is 1. The molecule has 0 saturated heterocycles. The van der Waals surface area contributed by atoms with Gasteiger partial charge in [0, 0.05) is 10.3 Å². The van der Waals surface area contributed by atoms with Crippen molar-refractivity contribution in [1.29, 1.82) is 0 Å². The van der Waals surface area contributed by atoms with Crippen molar-refractivity contribution in [3.05, 3.63) is 28.3 Å². The van der Waals surface area contributed by atoms with Gasteiger partial charge in [0.2, 0.25) is 0 Å². The monoisotopic (exact) mass is 331 g/mol. The van der Waals surface area contributed by atoms with Gasteiger partial charge < -0.3 is 10.4 Å². The Bertz CT molecular complexity index is 869. The highest BCUT2D eigenvalue weighted by Crippen LogP contribution is 2.30. The molecule has 120 valence electrons. The molecule has 23 heavy (non-hydrogen) atoms. The number of nitrogens with one attached hydrogen (secondary N) is 1. The van der Waals surface area contributed by atoms with Crippen molar-refractivity contribution >= 4 is 39.3 Å². The van der Waals surface area contributed by atoms with Crippen molar-refractivity contribution in [3.8, 4) is 0 Å². The van der Waals surface area contributed by atoms with E-state index in [1.807, 2.05) is 26.8 Å². The van der Waals surface area contributed by atoms with Crippen LogP contribution in [-0.2, 0) is 4.79 Å². The van der Waals surface area contributed by atoms with Crippen LogP contribution in [0.15, 0.2) is 17.1 Å². The molecule has 2 aromatic rings. The van der Waals surface area contributed by atoms with E-state index in [1.165, 1.54) is 17.4 Å². The molecule has 1 unspecified atom stereocenters. The van der Waals surface area contributed by atoms with Gasteiger partial charge in [-0.2, -0.15) is 0 Å². The van der Waals surface area contributed by atoms with E-state index in [1.54, 1.807) is 6.92 Å². The molecule has 1 amide bonds. The maximum Gasteiger partial charge on any atom is 0.336 e. The predicted octanol–water partition coefficient (Wildman–Crippen LogP) is 2.59. The van der Waals surface area contributed by atoms with Crippen molar-refractivity contribution in [2.75, 3.05) is 0 Å². The number of aromatic nitrogens is 1. The third kappa shape index (κ3) is 2.41. The van der Waals surface area contributed by atoms with Crippen LogP contribution < -0.4 is 5.32 Å². The van der Waals surface area contributed by atoms with Gasteiger partial charge in [0.25, 0.3) is 5.91 Å². The molecule has 6 nitrogen and oxygen atoms in total. The van der Waals surface area contributed by atoms with Gasteiger partial charge in [-0.25, -0.2) is 14.8 Å². The lowest BCUT2D eigenvalue weighted by atomic mass is 9.89. The SMILES string of the molecule is Cc1cc2c(C(=O)O)cc(C3=NC(C)(C(C)C)C(=O)N3)nc2s1. The number of hydrogen-bond donors (Lipinski definition) is 2. The summed E-state index contributed by atoms with van der Waals surface area (Å²) in [7, 11) is 0. The number of amides is 1. The summed E-state index contributed by atoms with van der Waals surface area (Å²) in [5.41, 5.74) is -0.306. The lowest BCUT2D eigenvalue weighted by Gasteiger charge is -2.21. The number of aryl methyl sites for hydroxylation is 1. The lowest BCUT2D eigenvalue weighted by molar-refractivity contribution is -0.124. The topological polar surface area (TPSA) is 91.6 Å². The Balaban J connectivity index is 2.18. The molecule has 0 radical (unpaired) electrons. The molecule has 7 heteroatoms. The third-order valence-electron chi connectivity index (χ3n) is 4.26. The van der Waals surface area contributed by atoms with Crippen LogP contribution >= 0.6 is 11.3 Å². The maximum atomic E-state index is 12.2. The second-order valence-electron chi connectivity index (χ2n) is 6.15. The van der Waals surface area contributed by atoms with Gasteiger partial charge in [0.15, 0.2) is 5.84 Å². The molecule has 1 aliphatic rings. The van der Waals surface area contributed by atoms with Gasteiger partial charge in [0.1, 0.15) is 16.1 Å². The fraction of sp³-hybridized carbons (Fsp3) is 0.375. The number of amidine groups is 1. The van der Waals surface area contributed by atoms with Crippen molar-refractivity contribution in [3.63, 3.8) is 0 Å². The number of hydrogen-bond acceptors (Lipinski definition) is 5. The third-order valence-corrected chi connectivity index (χ3v) is 5.21. The number of nitrogens with zero attached hydrogens (tertiary/aromatic N) is 2. The second-order valence-corrected chi connectivity index (χ2v) is 7.39. The van der Waals surface area contributed by atoms with E-state index in [4.69, 9.17) is 0 Å². The highest BCUT2D eigenvalue weighted by molar-refractivity contribution is 7.18. The first-order valence-corrected chi connectivity index (χ1v) is 8.10. The lowest BCUT2D eigenvalue weighted by Crippen LogP contribution is -2.41. The van der Waals surface area contributed by atoms with Gasteiger partial charge in [-0.15, -0.1) is 11.3 Å². The molecule has 2 aromatic heterocycles. The smallest absolute Gasteiger partial charge is 0.336 e. The molecule has 3 heterocycles. The van der Waals surface area contributed by atoms with Gasteiger partial charge in [-0.3, -0.25) is 4.79 Å². The van der Waals surface area contributed by atoms with Gasteiger partial charge >= 0.3 is 5.97 Å². The summed E-state index contributed by atoms with van der Waals surface area (Å²) in [5.74, 6) is -0.857. The number of rotatable bonds is 3. The highest BCUT2D eigenvalue weighted by Gasteiger charge is 2.42. The number of carboxylic acid groups (broad SMARTS) is 1. The van der Waals surface area contributed by atoms with Gasteiger partial charge in [0.05, 0.1) is 5.56 Å². The first-order valence-electron chi connectivity index (χ1n) is 7.28. The summed E-state index contributed by atoms with van der Waals surface area (Å²) < 4.78 is 0. The molecular formula is C16H17N3O3S. The zero-order chi connectivity index (χ0) is 16.9. The highest BCUT2D eigenvalue weighted by atomic mass is 32.1. The Labute approximate surface area is 137 Å². The molecule has 0 fully saturated rings. The fourth-order valence-electron chi connectivity index (χ4n) is 2.49. The number of aliphatic imine (C=N–C) groups is 1. The van der Waals surface area contributed by atoms with E-state index in [2.05, 4.69) is 15.3 Å². The normalized spacial score (nSPS) is 20.9. The minimum Gasteiger partial charge on any atom is -0.478 e. The molecule has 1 atom stereocenters. The van der Waals surface area contributed by atoms with Crippen molar-refractivity contribution in [2.24, 2.45) is 10.9 Å². The Kier molecular flexibility index (Phi) is 3.48. The Morgan fingerprint density at radius 3 is 2.65 bits per heavy atom. The van der Waals surface area contributed by atoms with Gasteiger partial charge in [-0.1, -0.05) is 13.8 Å². The fourth-order valence-corrected chi connectivity index (χ4v) is 3.39. The summed E-state index contributed by atoms with van der Waals surface area (Å²) in [6.07, 6.45) is 0. The number of pyridine rings is 1. The minimum absolute atomic E-state index is 0.0201. The second kappa shape index (κ2) is 5.13. The van der Waals surface area contributed by atoms with E-state index in [0.717, 1.165) is 4.88 Å². The first kappa shape index (κ1) is 15.6. The quantitative estimate of drug-likeness (QED) is 0.904. The van der Waals surface area contributed by atoms with Gasteiger partial charge in [-0.05, 0) is 31.9 Å². The Hall–Kier alpha value is -2.28. The average molecular weight is 331 g/mol. The Morgan fingerprint density at radius 2 is 2.09 bits per heavy atom. The van der Waals surface area contributed by atoms with Crippen LogP contribution in [0.5, 0.6) is 0 Å². The van der Waals surface area contributed by atoms with Crippen LogP contribution in [-0.4, -0.2) is 33.3 Å². The van der Waals surface area contributed by atoms with E-state index >= 15 is 0 Å². The van der Waals surface area contributed by atoms with E-state index in [9.17, 15) is 14.7 Å². The van der Waals surface area contributed by atoms with Crippen LogP contribution in [0.3, 0.4) is 0 Å². The number of fused-ring (bicyclic) bond motifs is 1. The zero-order valence-electron chi connectivity index (χ0n) is 13.3. The van der Waals surface area contributed by atoms with Crippen LogP contribution in [0.1, 0.15) is 41.7 Å². The summed E-state index contributed by atoms with van der Waals surface area (Å²) >= 11 is 1.42. The first-order chi connectivity index (χ1) is 10.7. The van der Waals surface area contributed by atoms with Crippen molar-refractivity contribution < 1.29 is 14.7 Å². The summed E-state index contributed by atoms with van der Waals surface area (Å²) in [6, 6.07) is 3.29. The van der Waals surface area contributed by atoms with Crippen LogP contribution in [0.4, 0.5) is 0 Å². The van der Waals surface area contributed by atoms with Crippen LogP contribution in [0.2, 0.25) is 0 Å². The van der Waals surface area contributed by atoms with E-state index < -0.39 is 11.5 Å². The summed E-state index contributed by atoms with van der Waals surface area (Å²) in [5, 5.41) is 12.8. The van der Waals surface area contributed by atoms with Crippen LogP contribution in [0.25, 0.3) is 10.2 Å². The minimum atomic E-state index is -1.02.